The summed E-state index contributed by atoms with van der Waals surface area (Å²) in [6, 6.07) is 5.26. The summed E-state index contributed by atoms with van der Waals surface area (Å²) in [5.74, 6) is -0.946. The number of nitrogens with zero attached hydrogens (tertiary/aromatic N) is 6. The van der Waals surface area contributed by atoms with Crippen molar-refractivity contribution in [2.75, 3.05) is 20.1 Å². The highest BCUT2D eigenvalue weighted by molar-refractivity contribution is 5.91. The maximum absolute atomic E-state index is 14.2. The molecule has 3 rings (SSSR count). The van der Waals surface area contributed by atoms with Crippen LogP contribution in [0.25, 0.3) is 0 Å². The van der Waals surface area contributed by atoms with Gasteiger partial charge in [0.2, 0.25) is 0 Å². The first-order chi connectivity index (χ1) is 15.2. The molecule has 174 valence electrons. The molecule has 2 N–H and O–H groups in total. The van der Waals surface area contributed by atoms with Gasteiger partial charge in [0.1, 0.15) is 18.1 Å². The Balaban J connectivity index is 1.43. The molecule has 0 fully saturated rings. The Labute approximate surface area is 180 Å². The van der Waals surface area contributed by atoms with E-state index < -0.39 is 18.4 Å². The van der Waals surface area contributed by atoms with Gasteiger partial charge in [-0.3, -0.25) is 19.8 Å². The molecule has 2 heterocycles. The van der Waals surface area contributed by atoms with Crippen LogP contribution in [0.15, 0.2) is 40.8 Å². The normalized spacial score (nSPS) is 16.9. The molecule has 10 nitrogen and oxygen atoms in total. The highest BCUT2D eigenvalue weighted by Crippen LogP contribution is 2.23. The third kappa shape index (κ3) is 7.14. The van der Waals surface area contributed by atoms with Crippen molar-refractivity contribution in [1.29, 1.82) is 0 Å². The van der Waals surface area contributed by atoms with Crippen molar-refractivity contribution in [2.45, 2.75) is 38.2 Å². The van der Waals surface area contributed by atoms with E-state index in [1.807, 2.05) is 0 Å². The summed E-state index contributed by atoms with van der Waals surface area (Å²) in [4.78, 5) is 12.2. The molecule has 0 spiro atoms. The first-order valence-corrected chi connectivity index (χ1v) is 9.72. The summed E-state index contributed by atoms with van der Waals surface area (Å²) in [7, 11) is 1.75. The molecule has 1 amide bonds. The van der Waals surface area contributed by atoms with Crippen molar-refractivity contribution in [1.82, 2.24) is 30.6 Å². The molecule has 0 aliphatic carbocycles. The number of rotatable bonds is 10. The summed E-state index contributed by atoms with van der Waals surface area (Å²) in [5.41, 5.74) is 0.417. The van der Waals surface area contributed by atoms with Crippen molar-refractivity contribution >= 4 is 5.91 Å². The van der Waals surface area contributed by atoms with Gasteiger partial charge in [0.15, 0.2) is 5.69 Å². The largest absolute Gasteiger partial charge is 0.573 e. The van der Waals surface area contributed by atoms with E-state index in [2.05, 4.69) is 36.0 Å². The smallest absolute Gasteiger partial charge is 0.406 e. The van der Waals surface area contributed by atoms with Gasteiger partial charge in [-0.15, -0.1) is 23.4 Å². The maximum atomic E-state index is 14.2. The van der Waals surface area contributed by atoms with Crippen molar-refractivity contribution in [3.8, 4) is 5.75 Å². The molecule has 2 atom stereocenters. The third-order valence-electron chi connectivity index (χ3n) is 4.47. The minimum atomic E-state index is -4.80. The Morgan fingerprint density at radius 1 is 1.38 bits per heavy atom. The Kier molecular flexibility index (Phi) is 7.56. The van der Waals surface area contributed by atoms with Crippen LogP contribution in [0, 0.1) is 0 Å². The first kappa shape index (κ1) is 23.4. The molecule has 0 radical (unpaired) electrons. The Morgan fingerprint density at radius 2 is 2.19 bits per heavy atom. The predicted octanol–water partition coefficient (Wildman–Crippen LogP) is 2.06. The van der Waals surface area contributed by atoms with E-state index in [1.54, 1.807) is 18.1 Å². The quantitative estimate of drug-likeness (QED) is 0.528. The molecule has 2 unspecified atom stereocenters. The lowest BCUT2D eigenvalue weighted by atomic mass is 10.2. The zero-order valence-electron chi connectivity index (χ0n) is 17.1. The van der Waals surface area contributed by atoms with Gasteiger partial charge in [-0.1, -0.05) is 22.6 Å². The lowest BCUT2D eigenvalue weighted by molar-refractivity contribution is -0.274. The van der Waals surface area contributed by atoms with Crippen LogP contribution < -0.4 is 15.4 Å². The Morgan fingerprint density at radius 3 is 2.91 bits per heavy atom. The van der Waals surface area contributed by atoms with E-state index in [0.717, 1.165) is 6.07 Å². The second kappa shape index (κ2) is 10.3. The summed E-state index contributed by atoms with van der Waals surface area (Å²) < 4.78 is 56.3. The molecule has 0 bridgehead atoms. The number of ether oxygens (including phenoxy) is 1. The van der Waals surface area contributed by atoms with E-state index in [1.165, 1.54) is 23.0 Å². The van der Waals surface area contributed by atoms with Crippen LogP contribution in [0.5, 0.6) is 5.75 Å². The van der Waals surface area contributed by atoms with E-state index >= 15 is 0 Å². The number of carbonyl (C=O) groups excluding carboxylic acids is 1. The van der Waals surface area contributed by atoms with Gasteiger partial charge in [-0.05, 0) is 24.7 Å². The number of carbonyl (C=O) groups is 1. The summed E-state index contributed by atoms with van der Waals surface area (Å²) in [6.45, 7) is 0.765. The van der Waals surface area contributed by atoms with E-state index in [4.69, 9.17) is 0 Å². The summed E-state index contributed by atoms with van der Waals surface area (Å²) >= 11 is 0. The molecule has 32 heavy (non-hydrogen) atoms. The highest BCUT2D eigenvalue weighted by atomic mass is 19.4. The van der Waals surface area contributed by atoms with Gasteiger partial charge >= 0.3 is 6.36 Å². The van der Waals surface area contributed by atoms with Crippen LogP contribution in [0.2, 0.25) is 0 Å². The SMILES string of the molecule is CNC1CN(CC(F)CCn2cc(C(=O)NCc3cccc(OC(F)(F)F)c3)nn2)N=N1. The van der Waals surface area contributed by atoms with Crippen LogP contribution in [0.3, 0.4) is 0 Å². The molecule has 1 aromatic carbocycles. The van der Waals surface area contributed by atoms with Crippen molar-refractivity contribution < 1.29 is 27.1 Å². The zero-order valence-corrected chi connectivity index (χ0v) is 17.1. The number of benzene rings is 1. The number of aromatic nitrogens is 3. The van der Waals surface area contributed by atoms with Crippen LogP contribution in [-0.2, 0) is 13.1 Å². The van der Waals surface area contributed by atoms with Crippen LogP contribution in [0.1, 0.15) is 22.5 Å². The van der Waals surface area contributed by atoms with Crippen LogP contribution >= 0.6 is 0 Å². The van der Waals surface area contributed by atoms with Crippen LogP contribution in [0.4, 0.5) is 17.6 Å². The molecule has 2 aromatic rings. The fourth-order valence-corrected chi connectivity index (χ4v) is 2.90. The van der Waals surface area contributed by atoms with Gasteiger partial charge in [0.25, 0.3) is 5.91 Å². The highest BCUT2D eigenvalue weighted by Gasteiger charge is 2.31. The predicted molar refractivity (Wildman–Crippen MR) is 103 cm³/mol. The Bertz CT molecular complexity index is 936. The molecule has 1 aromatic heterocycles. The lowest BCUT2D eigenvalue weighted by Gasteiger charge is -2.16. The number of nitrogens with one attached hydrogen (secondary N) is 2. The molecule has 14 heteroatoms. The van der Waals surface area contributed by atoms with Gasteiger partial charge < -0.3 is 10.1 Å². The number of hydrogen-bond acceptors (Lipinski definition) is 8. The second-order valence-corrected chi connectivity index (χ2v) is 7.01. The molecule has 0 saturated carbocycles. The minimum absolute atomic E-state index is 0.00769. The average Bonchev–Trinajstić information content (AvgIpc) is 3.39. The summed E-state index contributed by atoms with van der Waals surface area (Å²) in [6.07, 6.45) is -4.59. The fraction of sp³-hybridized carbons (Fsp3) is 0.500. The fourth-order valence-electron chi connectivity index (χ4n) is 2.90. The van der Waals surface area contributed by atoms with E-state index in [9.17, 15) is 22.4 Å². The van der Waals surface area contributed by atoms with Gasteiger partial charge in [0, 0.05) is 19.5 Å². The zero-order chi connectivity index (χ0) is 23.1. The van der Waals surface area contributed by atoms with E-state index in [0.29, 0.717) is 12.1 Å². The van der Waals surface area contributed by atoms with Gasteiger partial charge in [-0.2, -0.15) is 0 Å². The standard InChI is InChI=1S/C18H22F4N8O2/c1-23-16-11-30(28-26-16)9-13(19)5-6-29-10-15(25-27-29)17(31)24-8-12-3-2-4-14(7-12)32-18(20,21)22/h2-4,7,10,13,16,23H,5-6,8-9,11H2,1H3,(H,24,31). The summed E-state index contributed by atoms with van der Waals surface area (Å²) in [5, 5.41) is 22.4. The molecule has 1 aliphatic rings. The van der Waals surface area contributed by atoms with Crippen molar-refractivity contribution in [2.24, 2.45) is 10.3 Å². The molecular weight excluding hydrogens is 436 g/mol. The lowest BCUT2D eigenvalue weighted by Crippen LogP contribution is -2.33. The minimum Gasteiger partial charge on any atom is -0.406 e. The number of halogens is 4. The van der Waals surface area contributed by atoms with Crippen molar-refractivity contribution in [3.05, 3.63) is 41.7 Å². The molecule has 1 aliphatic heterocycles. The van der Waals surface area contributed by atoms with Crippen molar-refractivity contribution in [3.63, 3.8) is 0 Å². The van der Waals surface area contributed by atoms with E-state index in [-0.39, 0.29) is 43.7 Å². The second-order valence-electron chi connectivity index (χ2n) is 7.01. The third-order valence-corrected chi connectivity index (χ3v) is 4.47. The molecular formula is C18H22F4N8O2. The Hall–Kier alpha value is -3.29. The van der Waals surface area contributed by atoms with Gasteiger partial charge in [-0.25, -0.2) is 4.39 Å². The topological polar surface area (TPSA) is 109 Å². The number of aryl methyl sites for hydroxylation is 1. The van der Waals surface area contributed by atoms with Gasteiger partial charge in [0.05, 0.1) is 19.3 Å². The first-order valence-electron chi connectivity index (χ1n) is 9.72. The monoisotopic (exact) mass is 458 g/mol. The number of hydrogen-bond donors (Lipinski definition) is 2. The number of alkyl halides is 4. The van der Waals surface area contributed by atoms with Crippen LogP contribution in [-0.4, -0.2) is 64.7 Å². The number of likely N-dealkylation sites (N-methyl/N-ethyl adjacent to an activating group) is 1. The maximum Gasteiger partial charge on any atom is 0.573 e. The molecule has 0 saturated heterocycles. The average molecular weight is 458 g/mol. The number of amides is 1.